The largest absolute Gasteiger partial charge is 0.236 e. The molecular weight excluding hydrogens is 310 g/mol. The van der Waals surface area contributed by atoms with Crippen molar-refractivity contribution in [2.75, 3.05) is 0 Å². The van der Waals surface area contributed by atoms with Crippen molar-refractivity contribution in [3.05, 3.63) is 101 Å². The van der Waals surface area contributed by atoms with Gasteiger partial charge in [-0.05, 0) is 36.3 Å². The minimum absolute atomic E-state index is 1.06. The van der Waals surface area contributed by atoms with E-state index in [9.17, 15) is 0 Å². The summed E-state index contributed by atoms with van der Waals surface area (Å²) in [5.41, 5.74) is 5.88. The van der Waals surface area contributed by atoms with Gasteiger partial charge in [-0.15, -0.1) is 11.3 Å². The predicted octanol–water partition coefficient (Wildman–Crippen LogP) is 6.19. The lowest BCUT2D eigenvalue weighted by atomic mass is 10.0. The van der Waals surface area contributed by atoms with Crippen LogP contribution in [0.4, 0.5) is 0 Å². The zero-order valence-corrected chi connectivity index (χ0v) is 14.3. The molecule has 0 spiro atoms. The number of rotatable bonds is 3. The lowest BCUT2D eigenvalue weighted by Crippen LogP contribution is -1.87. The van der Waals surface area contributed by atoms with Crippen LogP contribution in [0.25, 0.3) is 21.9 Å². The number of hydrogen-bond acceptors (Lipinski definition) is 2. The highest BCUT2D eigenvalue weighted by atomic mass is 32.1. The maximum Gasteiger partial charge on any atom is 0.125 e. The third-order valence-electron chi connectivity index (χ3n) is 4.00. The van der Waals surface area contributed by atoms with E-state index in [1.165, 1.54) is 27.0 Å². The Balaban J connectivity index is 1.88. The van der Waals surface area contributed by atoms with Gasteiger partial charge in [0, 0.05) is 5.57 Å². The van der Waals surface area contributed by atoms with Crippen LogP contribution in [0, 0.1) is 6.92 Å². The molecule has 4 aromatic rings. The number of hydrogen-bond donors (Lipinski definition) is 0. The van der Waals surface area contributed by atoms with E-state index in [1.54, 1.807) is 11.3 Å². The maximum atomic E-state index is 4.85. The molecule has 1 heterocycles. The second-order valence-corrected chi connectivity index (χ2v) is 6.85. The van der Waals surface area contributed by atoms with Gasteiger partial charge in [-0.25, -0.2) is 4.98 Å². The van der Waals surface area contributed by atoms with Crippen molar-refractivity contribution in [3.63, 3.8) is 0 Å². The van der Waals surface area contributed by atoms with Crippen LogP contribution in [-0.2, 0) is 0 Å². The molecule has 0 amide bonds. The minimum atomic E-state index is 1.06. The van der Waals surface area contributed by atoms with E-state index < -0.39 is 0 Å². The summed E-state index contributed by atoms with van der Waals surface area (Å²) in [5, 5.41) is 1.06. The van der Waals surface area contributed by atoms with E-state index in [-0.39, 0.29) is 0 Å². The van der Waals surface area contributed by atoms with Crippen molar-refractivity contribution in [1.82, 2.24) is 4.98 Å². The molecule has 0 aliphatic carbocycles. The van der Waals surface area contributed by atoms with Crippen molar-refractivity contribution >= 4 is 33.2 Å². The van der Waals surface area contributed by atoms with Crippen LogP contribution in [0.2, 0.25) is 0 Å². The summed E-state index contributed by atoms with van der Waals surface area (Å²) in [6, 6.07) is 27.4. The summed E-state index contributed by atoms with van der Waals surface area (Å²) in [6.07, 6.45) is 2.23. The van der Waals surface area contributed by atoms with Crippen molar-refractivity contribution in [3.8, 4) is 0 Å². The molecule has 0 atom stereocenters. The Morgan fingerprint density at radius 2 is 1.54 bits per heavy atom. The quantitative estimate of drug-likeness (QED) is 0.409. The summed E-state index contributed by atoms with van der Waals surface area (Å²) < 4.78 is 1.22. The second-order valence-electron chi connectivity index (χ2n) is 5.82. The first-order valence-corrected chi connectivity index (χ1v) is 8.81. The fourth-order valence-corrected chi connectivity index (χ4v) is 3.71. The summed E-state index contributed by atoms with van der Waals surface area (Å²) in [7, 11) is 0. The number of nitrogens with zero attached hydrogens (tertiary/aromatic N) is 1. The Bertz CT molecular complexity index is 962. The van der Waals surface area contributed by atoms with E-state index in [0.29, 0.717) is 0 Å². The average Bonchev–Trinajstić information content (AvgIpc) is 3.06. The number of thiazole rings is 1. The highest BCUT2D eigenvalue weighted by molar-refractivity contribution is 7.19. The Kier molecular flexibility index (Phi) is 3.97. The summed E-state index contributed by atoms with van der Waals surface area (Å²) >= 11 is 1.74. The van der Waals surface area contributed by atoms with E-state index >= 15 is 0 Å². The first-order chi connectivity index (χ1) is 11.8. The smallest absolute Gasteiger partial charge is 0.125 e. The molecule has 0 saturated heterocycles. The molecule has 1 nitrogen and oxygen atoms in total. The Labute approximate surface area is 145 Å². The molecule has 116 valence electrons. The van der Waals surface area contributed by atoms with Crippen LogP contribution in [0.1, 0.15) is 21.7 Å². The molecule has 0 aliphatic rings. The van der Waals surface area contributed by atoms with Gasteiger partial charge in [0.05, 0.1) is 10.2 Å². The van der Waals surface area contributed by atoms with E-state index in [4.69, 9.17) is 4.98 Å². The first-order valence-electron chi connectivity index (χ1n) is 7.99. The molecule has 0 saturated carbocycles. The number of para-hydroxylation sites is 1. The van der Waals surface area contributed by atoms with Crippen LogP contribution in [0.3, 0.4) is 0 Å². The molecule has 1 aromatic heterocycles. The number of fused-ring (bicyclic) bond motifs is 1. The normalized spacial score (nSPS) is 11.8. The summed E-state index contributed by atoms with van der Waals surface area (Å²) in [5.74, 6) is 0. The van der Waals surface area contributed by atoms with Crippen molar-refractivity contribution in [2.45, 2.75) is 6.92 Å². The summed E-state index contributed by atoms with van der Waals surface area (Å²) in [4.78, 5) is 4.85. The molecule has 0 unspecified atom stereocenters. The van der Waals surface area contributed by atoms with Gasteiger partial charge in [-0.3, -0.25) is 0 Å². The fourth-order valence-electron chi connectivity index (χ4n) is 2.70. The zero-order chi connectivity index (χ0) is 16.4. The molecule has 4 rings (SSSR count). The van der Waals surface area contributed by atoms with Gasteiger partial charge in [-0.2, -0.15) is 0 Å². The SMILES string of the molecule is Cc1ccc(/C=C(\c2ccccc2)c2nc3ccccc3s2)cc1. The van der Waals surface area contributed by atoms with Gasteiger partial charge in [0.1, 0.15) is 5.01 Å². The number of aryl methyl sites for hydroxylation is 1. The lowest BCUT2D eigenvalue weighted by Gasteiger charge is -2.05. The number of aromatic nitrogens is 1. The maximum absolute atomic E-state index is 4.85. The van der Waals surface area contributed by atoms with Crippen molar-refractivity contribution in [2.24, 2.45) is 0 Å². The zero-order valence-electron chi connectivity index (χ0n) is 13.4. The molecule has 2 heteroatoms. The van der Waals surface area contributed by atoms with Gasteiger partial charge in [-0.1, -0.05) is 72.3 Å². The van der Waals surface area contributed by atoms with Gasteiger partial charge in [0.15, 0.2) is 0 Å². The van der Waals surface area contributed by atoms with Gasteiger partial charge < -0.3 is 0 Å². The van der Waals surface area contributed by atoms with E-state index in [1.807, 2.05) is 12.1 Å². The molecule has 0 N–H and O–H groups in total. The van der Waals surface area contributed by atoms with E-state index in [2.05, 4.69) is 79.7 Å². The highest BCUT2D eigenvalue weighted by Gasteiger charge is 2.11. The summed E-state index contributed by atoms with van der Waals surface area (Å²) in [6.45, 7) is 2.11. The standard InChI is InChI=1S/C22H17NS/c1-16-11-13-17(14-12-16)15-19(18-7-3-2-4-8-18)22-23-20-9-5-6-10-21(20)24-22/h2-15H,1H3/b19-15+. The lowest BCUT2D eigenvalue weighted by molar-refractivity contribution is 1.42. The van der Waals surface area contributed by atoms with Crippen LogP contribution in [0.5, 0.6) is 0 Å². The molecular formula is C22H17NS. The Morgan fingerprint density at radius 3 is 2.29 bits per heavy atom. The van der Waals surface area contributed by atoms with Crippen LogP contribution in [-0.4, -0.2) is 4.98 Å². The average molecular weight is 327 g/mol. The van der Waals surface area contributed by atoms with Crippen LogP contribution >= 0.6 is 11.3 Å². The predicted molar refractivity (Wildman–Crippen MR) is 104 cm³/mol. The molecule has 0 bridgehead atoms. The second kappa shape index (κ2) is 6.42. The molecule has 3 aromatic carbocycles. The topological polar surface area (TPSA) is 12.9 Å². The van der Waals surface area contributed by atoms with Crippen LogP contribution in [0.15, 0.2) is 78.9 Å². The van der Waals surface area contributed by atoms with Gasteiger partial charge >= 0.3 is 0 Å². The Morgan fingerprint density at radius 1 is 0.833 bits per heavy atom. The Hall–Kier alpha value is -2.71. The van der Waals surface area contributed by atoms with E-state index in [0.717, 1.165) is 10.5 Å². The molecule has 0 aliphatic heterocycles. The third kappa shape index (κ3) is 3.01. The van der Waals surface area contributed by atoms with Crippen molar-refractivity contribution in [1.29, 1.82) is 0 Å². The fraction of sp³-hybridized carbons (Fsp3) is 0.0455. The number of benzene rings is 3. The molecule has 0 radical (unpaired) electrons. The van der Waals surface area contributed by atoms with Crippen LogP contribution < -0.4 is 0 Å². The minimum Gasteiger partial charge on any atom is -0.236 e. The van der Waals surface area contributed by atoms with Gasteiger partial charge in [0.25, 0.3) is 0 Å². The molecule has 24 heavy (non-hydrogen) atoms. The van der Waals surface area contributed by atoms with Crippen molar-refractivity contribution < 1.29 is 0 Å². The monoisotopic (exact) mass is 327 g/mol. The highest BCUT2D eigenvalue weighted by Crippen LogP contribution is 2.32. The van der Waals surface area contributed by atoms with Gasteiger partial charge in [0.2, 0.25) is 0 Å². The first kappa shape index (κ1) is 14.9. The third-order valence-corrected chi connectivity index (χ3v) is 5.07. The molecule has 0 fully saturated rings.